The average molecular weight is 1660 g/mol. The fraction of sp³-hybridized carbons (Fsp3) is 0.361. The molecular formula is C83H98FN33O5. The summed E-state index contributed by atoms with van der Waals surface area (Å²) < 4.78 is 19.6. The number of nitrogens with one attached hydrogen (secondary N) is 8. The number of Topliss-reactive ketones (excluding diaryl/α,β-unsaturated/α-hetero) is 4. The van der Waals surface area contributed by atoms with Gasteiger partial charge >= 0.3 is 0 Å². The highest BCUT2D eigenvalue weighted by Crippen LogP contribution is 2.34. The monoisotopic (exact) mass is 1660 g/mol. The predicted octanol–water partition coefficient (Wildman–Crippen LogP) is 11.7. The topological polar surface area (TPSA) is 508 Å². The second-order valence-electron chi connectivity index (χ2n) is 30.0. The summed E-state index contributed by atoms with van der Waals surface area (Å²) in [7, 11) is 1.58. The van der Waals surface area contributed by atoms with Gasteiger partial charge in [-0.1, -0.05) is 63.5 Å². The minimum Gasteiger partial charge on any atom is -0.494 e. The number of aromatic nitrogens is 20. The van der Waals surface area contributed by atoms with Gasteiger partial charge in [0.05, 0.1) is 96.9 Å². The van der Waals surface area contributed by atoms with E-state index in [2.05, 4.69) is 128 Å². The zero-order valence-corrected chi connectivity index (χ0v) is 68.4. The molecule has 0 amide bonds. The highest BCUT2D eigenvalue weighted by Gasteiger charge is 2.29. The predicted molar refractivity (Wildman–Crippen MR) is 460 cm³/mol. The van der Waals surface area contributed by atoms with Crippen molar-refractivity contribution in [3.05, 3.63) is 192 Å². The van der Waals surface area contributed by atoms with Crippen molar-refractivity contribution in [3.8, 4) is 28.5 Å². The van der Waals surface area contributed by atoms with Crippen LogP contribution in [-0.4, -0.2) is 178 Å². The lowest BCUT2D eigenvalue weighted by Gasteiger charge is -2.29. The Morgan fingerprint density at radius 3 is 1.00 bits per heavy atom. The van der Waals surface area contributed by atoms with E-state index in [0.717, 1.165) is 120 Å². The van der Waals surface area contributed by atoms with Gasteiger partial charge in [0.15, 0.2) is 29.0 Å². The molecule has 4 aliphatic carbocycles. The Hall–Kier alpha value is -14.1. The van der Waals surface area contributed by atoms with Crippen molar-refractivity contribution in [2.24, 2.45) is 22.9 Å². The lowest BCUT2D eigenvalue weighted by Crippen LogP contribution is -2.43. The average Bonchev–Trinajstić information content (AvgIpc) is 1.07. The number of aryl methyl sites for hydroxylation is 1. The van der Waals surface area contributed by atoms with Crippen molar-refractivity contribution in [2.45, 2.75) is 186 Å². The zero-order valence-electron chi connectivity index (χ0n) is 68.4. The molecule has 38 nitrogen and oxygen atoms in total. The van der Waals surface area contributed by atoms with E-state index in [-0.39, 0.29) is 77.2 Å². The molecule has 0 aliphatic heterocycles. The van der Waals surface area contributed by atoms with E-state index < -0.39 is 5.82 Å². The summed E-state index contributed by atoms with van der Waals surface area (Å²) in [5.41, 5.74) is 32.7. The fourth-order valence-electron chi connectivity index (χ4n) is 14.6. The smallest absolute Gasteiger partial charge is 0.224 e. The lowest BCUT2D eigenvalue weighted by molar-refractivity contribution is 0.100. The standard InChI is InChI=1S/C21H23N9O.C21H26N8O2.C21H26N8O.C20H23FN8O/c1-13(31)15-12-24-21(28-17-6-4-3-5-16(17)22)29-20(15)27-14-7-8-18(23-2)19(11-14)30-25-9-10-26-30;1-13(30)15-12-23-21(27-17-6-4-3-5-16(17)22)28-20(15)26-14-7-8-19(31-2)18(11-14)29-24-9-10-25-29;1-13-7-8-15(11-19(13)29-24-9-10-25-29)26-20-16(14(2)30)12-23-21(28-20)27-18-6-4-3-5-17(18)22;1-12(30)14-11-23-20(27-17-5-3-2-4-16(17)22)28-19(14)26-13-6-7-15(21)18(10-13)29-24-8-9-25-29/h7-12,16-17H,3-6,22H2,1H3,(H2,24,27,28,29);7-12,16-17H,3-6,22H2,1-2H3,(H2,23,26,27,28);7-12,17-18H,3-6,22H2,1-2H3,(H2,23,26,27,28);6-11,16-17H,2-5,22H2,1H3,(H2,23,26,27,28)/t2*16-,17+;17-,18+;16-,17+/m0000/s1. The van der Waals surface area contributed by atoms with Crippen LogP contribution in [0.15, 0.2) is 147 Å². The number of methoxy groups -OCH3 is 1. The SMILES string of the molecule is CC(=O)c1cnc(N[C@@H]2CCCC[C@@H]2N)nc1Nc1ccc(C)c(-n2nccn2)c1.CC(=O)c1cnc(N[C@@H]2CCCC[C@@H]2N)nc1Nc1ccc(F)c(-n2nccn2)c1.COc1ccc(Nc2nc(N[C@@H]3CCCC[C@@H]3N)ncc2C(C)=O)cc1-n1nccn1.[C-]#[N+]c1ccc(Nc2nc(N[C@@H]3CCCC[C@@H]3N)ncc2C(C)=O)cc1-n1nccn1. The highest BCUT2D eigenvalue weighted by molar-refractivity contribution is 6.01. The summed E-state index contributed by atoms with van der Waals surface area (Å²) in [4.78, 5) is 93.1. The number of carbonyl (C=O) groups is 4. The molecule has 122 heavy (non-hydrogen) atoms. The van der Waals surface area contributed by atoms with Crippen molar-refractivity contribution in [1.82, 2.24) is 99.8 Å². The van der Waals surface area contributed by atoms with Gasteiger partial charge in [0.25, 0.3) is 0 Å². The maximum atomic E-state index is 14.2. The fourth-order valence-corrected chi connectivity index (χ4v) is 14.6. The van der Waals surface area contributed by atoms with Gasteiger partial charge < -0.3 is 70.2 Å². The number of nitrogens with zero attached hydrogens (tertiary/aromatic N) is 21. The van der Waals surface area contributed by atoms with Crippen LogP contribution in [0, 0.1) is 19.3 Å². The second-order valence-corrected chi connectivity index (χ2v) is 30.0. The molecule has 4 saturated carbocycles. The first-order chi connectivity index (χ1) is 59.1. The molecule has 16 N–H and O–H groups in total. The molecule has 16 rings (SSSR count). The van der Waals surface area contributed by atoms with Crippen LogP contribution in [0.3, 0.4) is 0 Å². The Bertz CT molecular complexity index is 5450. The van der Waals surface area contributed by atoms with Crippen molar-refractivity contribution in [1.29, 1.82) is 0 Å². The molecule has 8 atom stereocenters. The van der Waals surface area contributed by atoms with Crippen molar-refractivity contribution >= 4 is 98.6 Å². The maximum absolute atomic E-state index is 14.2. The Morgan fingerprint density at radius 1 is 0.393 bits per heavy atom. The summed E-state index contributed by atoms with van der Waals surface area (Å²) in [5, 5.41) is 58.9. The summed E-state index contributed by atoms with van der Waals surface area (Å²) in [6.07, 6.45) is 35.3. The molecule has 39 heteroatoms. The van der Waals surface area contributed by atoms with Gasteiger partial charge in [-0.25, -0.2) is 29.2 Å². The molecule has 8 heterocycles. The lowest BCUT2D eigenvalue weighted by atomic mass is 9.91. The summed E-state index contributed by atoms with van der Waals surface area (Å²) in [6, 6.07) is 21.5. The van der Waals surface area contributed by atoms with Crippen LogP contribution in [0.2, 0.25) is 0 Å². The van der Waals surface area contributed by atoms with Gasteiger partial charge in [-0.15, -0.1) is 9.59 Å². The van der Waals surface area contributed by atoms with Gasteiger partial charge in [-0.2, -0.15) is 70.3 Å². The largest absolute Gasteiger partial charge is 0.494 e. The maximum Gasteiger partial charge on any atom is 0.224 e. The Balaban J connectivity index is 0.000000140. The van der Waals surface area contributed by atoms with Gasteiger partial charge in [0, 0.05) is 95.9 Å². The minimum atomic E-state index is -0.472. The quantitative estimate of drug-likeness (QED) is 0.0187. The van der Waals surface area contributed by atoms with Crippen LogP contribution in [-0.2, 0) is 0 Å². The van der Waals surface area contributed by atoms with Crippen LogP contribution < -0.4 is 70.2 Å². The number of hydrogen-bond acceptors (Lipinski definition) is 33. The van der Waals surface area contributed by atoms with Gasteiger partial charge in [0.2, 0.25) is 29.5 Å². The molecule has 12 aromatic rings. The first-order valence-corrected chi connectivity index (χ1v) is 40.4. The Labute approximate surface area is 702 Å². The summed E-state index contributed by atoms with van der Waals surface area (Å²) in [5.74, 6) is 2.84. The number of halogens is 1. The number of ether oxygens (including phenoxy) is 1. The molecule has 8 aromatic heterocycles. The van der Waals surface area contributed by atoms with Crippen LogP contribution >= 0.6 is 0 Å². The number of benzene rings is 4. The molecule has 0 saturated heterocycles. The number of nitrogens with two attached hydrogens (primary N) is 4. The number of ketones is 4. The van der Waals surface area contributed by atoms with E-state index in [0.29, 0.717) is 109 Å². The number of hydrogen-bond donors (Lipinski definition) is 12. The highest BCUT2D eigenvalue weighted by atomic mass is 19.1. The van der Waals surface area contributed by atoms with E-state index in [1.807, 2.05) is 37.3 Å². The van der Waals surface area contributed by atoms with E-state index in [1.54, 1.807) is 91.7 Å². The third-order valence-corrected chi connectivity index (χ3v) is 21.2. The van der Waals surface area contributed by atoms with Crippen molar-refractivity contribution in [3.63, 3.8) is 0 Å². The molecular weight excluding hydrogens is 1560 g/mol. The molecule has 4 fully saturated rings. The third kappa shape index (κ3) is 22.0. The molecule has 632 valence electrons. The molecule has 4 aromatic carbocycles. The molecule has 0 spiro atoms. The summed E-state index contributed by atoms with van der Waals surface area (Å²) in [6.45, 7) is 15.3. The van der Waals surface area contributed by atoms with E-state index in [9.17, 15) is 23.6 Å². The van der Waals surface area contributed by atoms with Gasteiger partial charge in [0.1, 0.15) is 40.4 Å². The number of carbonyl (C=O) groups excluding carboxylic acids is 4. The molecule has 0 unspecified atom stereocenters. The molecule has 0 bridgehead atoms. The van der Waals surface area contributed by atoms with Crippen molar-refractivity contribution in [2.75, 3.05) is 49.6 Å². The van der Waals surface area contributed by atoms with Crippen LogP contribution in [0.25, 0.3) is 27.6 Å². The van der Waals surface area contributed by atoms with E-state index >= 15 is 0 Å². The summed E-state index contributed by atoms with van der Waals surface area (Å²) >= 11 is 0. The van der Waals surface area contributed by atoms with E-state index in [4.69, 9.17) is 34.2 Å². The van der Waals surface area contributed by atoms with Gasteiger partial charge in [-0.05, 0) is 152 Å². The Kier molecular flexibility index (Phi) is 28.5. The first kappa shape index (κ1) is 85.8. The van der Waals surface area contributed by atoms with Crippen LogP contribution in [0.5, 0.6) is 5.75 Å². The Morgan fingerprint density at radius 2 is 0.672 bits per heavy atom. The molecule has 4 aliphatic rings. The molecule has 0 radical (unpaired) electrons. The van der Waals surface area contributed by atoms with Crippen LogP contribution in [0.4, 0.5) is 79.9 Å². The van der Waals surface area contributed by atoms with E-state index in [1.165, 1.54) is 79.1 Å². The first-order valence-electron chi connectivity index (χ1n) is 40.4. The van der Waals surface area contributed by atoms with Crippen molar-refractivity contribution < 1.29 is 28.3 Å². The number of anilines is 12. The normalized spacial score (nSPS) is 18.5. The number of rotatable bonds is 25. The zero-order chi connectivity index (χ0) is 85.8. The second kappa shape index (κ2) is 40.6. The van der Waals surface area contributed by atoms with Crippen LogP contribution in [0.1, 0.15) is 177 Å². The van der Waals surface area contributed by atoms with Gasteiger partial charge in [-0.3, -0.25) is 19.2 Å². The third-order valence-electron chi connectivity index (χ3n) is 21.2. The minimum absolute atomic E-state index is 0.0347.